The van der Waals surface area contributed by atoms with E-state index in [0.717, 1.165) is 55.2 Å². The Hall–Kier alpha value is -0.840. The van der Waals surface area contributed by atoms with E-state index < -0.39 is 0 Å². The first-order valence-electron chi connectivity index (χ1n) is 8.14. The van der Waals surface area contributed by atoms with E-state index in [1.807, 2.05) is 12.1 Å². The van der Waals surface area contributed by atoms with Crippen LogP contribution in [0, 0.1) is 0 Å². The van der Waals surface area contributed by atoms with Crippen molar-refractivity contribution in [3.8, 4) is 0 Å². The van der Waals surface area contributed by atoms with Crippen molar-refractivity contribution in [3.63, 3.8) is 0 Å². The first kappa shape index (κ1) is 18.5. The molecule has 3 nitrogen and oxygen atoms in total. The zero-order valence-corrected chi connectivity index (χ0v) is 15.6. The maximum absolute atomic E-state index is 12.9. The van der Waals surface area contributed by atoms with Gasteiger partial charge in [0.05, 0.1) is 5.41 Å². The largest absolute Gasteiger partial charge is 0.352 e. The molecular formula is C18H24BrClN2O. The highest BCUT2D eigenvalue weighted by atomic mass is 79.9. The van der Waals surface area contributed by atoms with Gasteiger partial charge in [0, 0.05) is 17.6 Å². The van der Waals surface area contributed by atoms with Crippen LogP contribution < -0.4 is 10.6 Å². The van der Waals surface area contributed by atoms with Crippen LogP contribution in [0.25, 0.3) is 0 Å². The first-order valence-corrected chi connectivity index (χ1v) is 8.93. The second-order valence-corrected chi connectivity index (χ2v) is 7.21. The van der Waals surface area contributed by atoms with Crippen molar-refractivity contribution in [3.05, 3.63) is 46.0 Å². The topological polar surface area (TPSA) is 41.1 Å². The molecule has 0 spiro atoms. The molecule has 0 aromatic heterocycles. The first-order chi connectivity index (χ1) is 10.7. The van der Waals surface area contributed by atoms with Gasteiger partial charge in [-0.3, -0.25) is 4.79 Å². The van der Waals surface area contributed by atoms with E-state index in [-0.39, 0.29) is 23.7 Å². The molecule has 2 aliphatic rings. The summed E-state index contributed by atoms with van der Waals surface area (Å²) in [5.41, 5.74) is 2.18. The molecule has 126 valence electrons. The molecule has 2 N–H and O–H groups in total. The van der Waals surface area contributed by atoms with Crippen molar-refractivity contribution >= 4 is 34.2 Å². The zero-order chi connectivity index (χ0) is 15.4. The van der Waals surface area contributed by atoms with Crippen molar-refractivity contribution in [1.29, 1.82) is 0 Å². The van der Waals surface area contributed by atoms with Crippen LogP contribution >= 0.6 is 28.3 Å². The predicted molar refractivity (Wildman–Crippen MR) is 100 cm³/mol. The smallest absolute Gasteiger partial charge is 0.230 e. The maximum Gasteiger partial charge on any atom is 0.230 e. The van der Waals surface area contributed by atoms with E-state index in [4.69, 9.17) is 0 Å². The van der Waals surface area contributed by atoms with Gasteiger partial charge >= 0.3 is 0 Å². The summed E-state index contributed by atoms with van der Waals surface area (Å²) in [6, 6.07) is 8.27. The highest BCUT2D eigenvalue weighted by molar-refractivity contribution is 9.10. The van der Waals surface area contributed by atoms with Gasteiger partial charge in [0.1, 0.15) is 0 Å². The standard InChI is InChI=1S/C18H23BrN2O.ClH/c19-16-5-3-15(4-6-16)18(9-1-2-10-18)17(22)21-13-14-7-11-20-12-8-14;/h3-7,20H,1-2,8-13H2,(H,21,22);1H. The molecule has 0 radical (unpaired) electrons. The van der Waals surface area contributed by atoms with Gasteiger partial charge in [0.2, 0.25) is 5.91 Å². The number of carbonyl (C=O) groups is 1. The molecule has 0 atom stereocenters. The number of rotatable bonds is 4. The maximum atomic E-state index is 12.9. The predicted octanol–water partition coefficient (Wildman–Crippen LogP) is 3.72. The molecule has 1 heterocycles. The number of benzene rings is 1. The molecule has 0 saturated heterocycles. The van der Waals surface area contributed by atoms with Crippen LogP contribution in [0.15, 0.2) is 40.4 Å². The highest BCUT2D eigenvalue weighted by Gasteiger charge is 2.42. The normalized spacial score (nSPS) is 19.6. The van der Waals surface area contributed by atoms with Crippen molar-refractivity contribution in [1.82, 2.24) is 10.6 Å². The summed E-state index contributed by atoms with van der Waals surface area (Å²) >= 11 is 3.48. The van der Waals surface area contributed by atoms with Crippen molar-refractivity contribution in [2.75, 3.05) is 19.6 Å². The van der Waals surface area contributed by atoms with Gasteiger partial charge in [0.15, 0.2) is 0 Å². The van der Waals surface area contributed by atoms with Crippen molar-refractivity contribution in [2.45, 2.75) is 37.5 Å². The Morgan fingerprint density at radius 2 is 1.91 bits per heavy atom. The molecule has 0 bridgehead atoms. The van der Waals surface area contributed by atoms with Gasteiger partial charge in [-0.2, -0.15) is 0 Å². The molecule has 1 aromatic carbocycles. The molecule has 1 fully saturated rings. The fraction of sp³-hybridized carbons (Fsp3) is 0.500. The van der Waals surface area contributed by atoms with Gasteiger partial charge < -0.3 is 10.6 Å². The summed E-state index contributed by atoms with van der Waals surface area (Å²) in [7, 11) is 0. The van der Waals surface area contributed by atoms with Gasteiger partial charge in [-0.05, 0) is 43.5 Å². The second kappa shape index (κ2) is 8.32. The lowest BCUT2D eigenvalue weighted by Crippen LogP contribution is -2.43. The van der Waals surface area contributed by atoms with Gasteiger partial charge in [0.25, 0.3) is 0 Å². The molecule has 0 unspecified atom stereocenters. The van der Waals surface area contributed by atoms with Crippen LogP contribution in [0.4, 0.5) is 0 Å². The number of halogens is 2. The third-order valence-electron chi connectivity index (χ3n) is 4.92. The van der Waals surface area contributed by atoms with Crippen LogP contribution in [0.2, 0.25) is 0 Å². The third kappa shape index (κ3) is 4.17. The Kier molecular flexibility index (Phi) is 6.69. The average molecular weight is 400 g/mol. The van der Waals surface area contributed by atoms with Crippen LogP contribution in [0.1, 0.15) is 37.7 Å². The van der Waals surface area contributed by atoms with Crippen molar-refractivity contribution in [2.24, 2.45) is 0 Å². The summed E-state index contributed by atoms with van der Waals surface area (Å²) in [5.74, 6) is 0.201. The van der Waals surface area contributed by atoms with Gasteiger partial charge in [-0.25, -0.2) is 0 Å². The Morgan fingerprint density at radius 1 is 1.22 bits per heavy atom. The van der Waals surface area contributed by atoms with E-state index in [0.29, 0.717) is 6.54 Å². The monoisotopic (exact) mass is 398 g/mol. The number of nitrogens with one attached hydrogen (secondary N) is 2. The summed E-state index contributed by atoms with van der Waals surface area (Å²) < 4.78 is 1.06. The average Bonchev–Trinajstić information content (AvgIpc) is 3.05. The van der Waals surface area contributed by atoms with E-state index in [1.54, 1.807) is 0 Å². The third-order valence-corrected chi connectivity index (χ3v) is 5.45. The minimum atomic E-state index is -0.325. The summed E-state index contributed by atoms with van der Waals surface area (Å²) in [5, 5.41) is 6.50. The molecule has 5 heteroatoms. The molecule has 23 heavy (non-hydrogen) atoms. The lowest BCUT2D eigenvalue weighted by molar-refractivity contribution is -0.126. The lowest BCUT2D eigenvalue weighted by Gasteiger charge is -2.29. The minimum absolute atomic E-state index is 0. The molecular weight excluding hydrogens is 376 g/mol. The van der Waals surface area contributed by atoms with E-state index >= 15 is 0 Å². The lowest BCUT2D eigenvalue weighted by atomic mass is 9.78. The fourth-order valence-electron chi connectivity index (χ4n) is 3.59. The van der Waals surface area contributed by atoms with E-state index in [9.17, 15) is 4.79 Å². The number of hydrogen-bond acceptors (Lipinski definition) is 2. The number of hydrogen-bond donors (Lipinski definition) is 2. The molecule has 3 rings (SSSR count). The molecule has 1 aliphatic heterocycles. The van der Waals surface area contributed by atoms with Crippen LogP contribution in [0.3, 0.4) is 0 Å². The Morgan fingerprint density at radius 3 is 2.52 bits per heavy atom. The fourth-order valence-corrected chi connectivity index (χ4v) is 3.85. The number of amides is 1. The van der Waals surface area contributed by atoms with Crippen molar-refractivity contribution < 1.29 is 4.79 Å². The number of carbonyl (C=O) groups excluding carboxylic acids is 1. The second-order valence-electron chi connectivity index (χ2n) is 6.30. The summed E-state index contributed by atoms with van der Waals surface area (Å²) in [6.45, 7) is 2.63. The Balaban J connectivity index is 0.00000192. The SMILES string of the molecule is Cl.O=C(NCC1=CCNCC1)C1(c2ccc(Br)cc2)CCCC1. The van der Waals surface area contributed by atoms with Crippen LogP contribution in [-0.4, -0.2) is 25.5 Å². The summed E-state index contributed by atoms with van der Waals surface area (Å²) in [4.78, 5) is 12.9. The van der Waals surface area contributed by atoms with E-state index in [2.05, 4.69) is 44.8 Å². The van der Waals surface area contributed by atoms with Gasteiger partial charge in [-0.1, -0.05) is 52.6 Å². The molecule has 1 amide bonds. The highest BCUT2D eigenvalue weighted by Crippen LogP contribution is 2.41. The molecule has 1 aliphatic carbocycles. The van der Waals surface area contributed by atoms with E-state index in [1.165, 1.54) is 5.57 Å². The van der Waals surface area contributed by atoms with Gasteiger partial charge in [-0.15, -0.1) is 12.4 Å². The summed E-state index contributed by atoms with van der Waals surface area (Å²) in [6.07, 6.45) is 7.42. The van der Waals surface area contributed by atoms with Crippen LogP contribution in [0.5, 0.6) is 0 Å². The molecule has 1 aromatic rings. The molecule has 1 saturated carbocycles. The minimum Gasteiger partial charge on any atom is -0.352 e. The Labute approximate surface area is 152 Å². The Bertz CT molecular complexity index is 565. The van der Waals surface area contributed by atoms with Crippen LogP contribution in [-0.2, 0) is 10.2 Å². The quantitative estimate of drug-likeness (QED) is 0.758. The zero-order valence-electron chi connectivity index (χ0n) is 13.2.